The van der Waals surface area contributed by atoms with Crippen LogP contribution >= 0.6 is 0 Å². The van der Waals surface area contributed by atoms with E-state index in [2.05, 4.69) is 20.8 Å². The number of rotatable bonds is 16. The van der Waals surface area contributed by atoms with Crippen LogP contribution < -0.4 is 20.1 Å². The van der Waals surface area contributed by atoms with E-state index in [4.69, 9.17) is 9.47 Å². The number of benzene rings is 5. The Morgan fingerprint density at radius 1 is 0.676 bits per heavy atom. The van der Waals surface area contributed by atoms with E-state index in [0.717, 1.165) is 54.1 Å². The van der Waals surface area contributed by atoms with Gasteiger partial charge in [0.05, 0.1) is 31.5 Å². The SMILES string of the molecule is C.COc1ccc(CCC(=O)c2[nH]ncc2CCc2cc(F)cc(NC(=O)Nc3ccc(C(F)(F)F)cc3C)c2)c(OC)c1.Cc1cc(C(F)(F)F)ccc1CC(=O)Cc1cc(F)cc(C=O)c1. The molecule has 2 amide bonds. The van der Waals surface area contributed by atoms with Gasteiger partial charge >= 0.3 is 18.4 Å². The third-order valence-electron chi connectivity index (χ3n) is 10.4. The van der Waals surface area contributed by atoms with Crippen molar-refractivity contribution in [2.24, 2.45) is 0 Å². The van der Waals surface area contributed by atoms with Crippen LogP contribution in [0, 0.1) is 25.5 Å². The molecule has 68 heavy (non-hydrogen) atoms. The van der Waals surface area contributed by atoms with E-state index < -0.39 is 41.1 Å². The van der Waals surface area contributed by atoms with Crippen molar-refractivity contribution in [2.75, 3.05) is 24.9 Å². The van der Waals surface area contributed by atoms with Crippen molar-refractivity contribution in [3.8, 4) is 11.5 Å². The molecular formula is C50H48F8N4O6. The average molecular weight is 953 g/mol. The summed E-state index contributed by atoms with van der Waals surface area (Å²) in [4.78, 5) is 48.3. The van der Waals surface area contributed by atoms with Gasteiger partial charge in [0, 0.05) is 47.8 Å². The molecule has 0 saturated heterocycles. The molecule has 0 aliphatic heterocycles. The smallest absolute Gasteiger partial charge is 0.416 e. The highest BCUT2D eigenvalue weighted by molar-refractivity contribution is 6.00. The number of hydrogen-bond donors (Lipinski definition) is 3. The highest BCUT2D eigenvalue weighted by Crippen LogP contribution is 2.33. The van der Waals surface area contributed by atoms with E-state index in [1.165, 1.54) is 32.0 Å². The maximum atomic E-state index is 14.4. The number of carbonyl (C=O) groups is 4. The third kappa shape index (κ3) is 15.1. The van der Waals surface area contributed by atoms with Crippen LogP contribution in [0.15, 0.2) is 97.2 Å². The lowest BCUT2D eigenvalue weighted by Gasteiger charge is -2.13. The van der Waals surface area contributed by atoms with Crippen LogP contribution in [0.1, 0.15) is 84.8 Å². The number of aromatic amines is 1. The zero-order chi connectivity index (χ0) is 49.1. The van der Waals surface area contributed by atoms with E-state index in [1.54, 1.807) is 38.6 Å². The molecule has 0 saturated carbocycles. The van der Waals surface area contributed by atoms with Gasteiger partial charge in [0.25, 0.3) is 0 Å². The van der Waals surface area contributed by atoms with Gasteiger partial charge in [-0.2, -0.15) is 31.4 Å². The summed E-state index contributed by atoms with van der Waals surface area (Å²) in [6.07, 6.45) is -5.68. The number of Topliss-reactive ketones (excluding diaryl/α,β-unsaturated/α-hetero) is 2. The molecule has 1 aromatic heterocycles. The summed E-state index contributed by atoms with van der Waals surface area (Å²) in [6, 6.07) is 18.5. The van der Waals surface area contributed by atoms with Crippen molar-refractivity contribution >= 4 is 35.3 Å². The summed E-state index contributed by atoms with van der Waals surface area (Å²) < 4.78 is 115. The average Bonchev–Trinajstić information content (AvgIpc) is 3.74. The summed E-state index contributed by atoms with van der Waals surface area (Å²) >= 11 is 0. The van der Waals surface area contributed by atoms with Crippen LogP contribution in [0.25, 0.3) is 0 Å². The molecule has 3 N–H and O–H groups in total. The van der Waals surface area contributed by atoms with Gasteiger partial charge in [-0.05, 0) is 139 Å². The normalized spacial score (nSPS) is 11.1. The number of alkyl halides is 6. The van der Waals surface area contributed by atoms with Crippen LogP contribution in [0.4, 0.5) is 51.3 Å². The maximum Gasteiger partial charge on any atom is 0.416 e. The molecule has 6 rings (SSSR count). The van der Waals surface area contributed by atoms with Crippen LogP contribution in [-0.2, 0) is 49.3 Å². The van der Waals surface area contributed by atoms with Crippen molar-refractivity contribution in [2.45, 2.75) is 72.2 Å². The van der Waals surface area contributed by atoms with Crippen molar-refractivity contribution in [3.63, 3.8) is 0 Å². The first-order valence-corrected chi connectivity index (χ1v) is 20.4. The maximum absolute atomic E-state index is 14.4. The summed E-state index contributed by atoms with van der Waals surface area (Å²) in [5, 5.41) is 11.8. The summed E-state index contributed by atoms with van der Waals surface area (Å²) in [5.41, 5.74) is 2.76. The standard InChI is InChI=1S/C31H30F4N4O4.C18H14F4O2.CH4/c1-18-12-22(31(33,34)35)8-10-26(18)38-30(41)37-24-14-19(13-23(32)15-24)4-5-21-17-36-39-29(21)27(40)11-7-20-6-9-25(42-2)16-28(20)43-3;1-11-4-15(18(20,21)22)3-2-14(11)9-17(24)8-12-5-13(10-23)7-16(19)6-12;/h6,8-10,12-17H,4-5,7,11H2,1-3H3,(H,36,39)(H2,37,38,41);2-7,10H,8-9H2,1H3;1H4. The predicted octanol–water partition coefficient (Wildman–Crippen LogP) is 12.1. The lowest BCUT2D eigenvalue weighted by atomic mass is 9.97. The van der Waals surface area contributed by atoms with E-state index >= 15 is 0 Å². The molecule has 6 aromatic rings. The summed E-state index contributed by atoms with van der Waals surface area (Å²) in [6.45, 7) is 2.94. The largest absolute Gasteiger partial charge is 0.497 e. The molecule has 0 aliphatic carbocycles. The number of aryl methyl sites for hydroxylation is 5. The van der Waals surface area contributed by atoms with E-state index in [9.17, 15) is 54.3 Å². The third-order valence-corrected chi connectivity index (χ3v) is 10.4. The fourth-order valence-electron chi connectivity index (χ4n) is 7.00. The molecule has 1 heterocycles. The molecule has 0 spiro atoms. The lowest BCUT2D eigenvalue weighted by molar-refractivity contribution is -0.138. The Kier molecular flexibility index (Phi) is 18.3. The molecule has 0 fully saturated rings. The Balaban J connectivity index is 0.000000342. The number of nitrogens with zero attached hydrogens (tertiary/aromatic N) is 1. The number of methoxy groups -OCH3 is 2. The molecule has 0 atom stereocenters. The summed E-state index contributed by atoms with van der Waals surface area (Å²) in [5.74, 6) is -0.352. The second-order valence-corrected chi connectivity index (χ2v) is 15.4. The van der Waals surface area contributed by atoms with E-state index in [1.807, 2.05) is 6.07 Å². The highest BCUT2D eigenvalue weighted by atomic mass is 19.4. The predicted molar refractivity (Wildman–Crippen MR) is 241 cm³/mol. The van der Waals surface area contributed by atoms with Crippen molar-refractivity contribution < 1.29 is 63.8 Å². The van der Waals surface area contributed by atoms with Gasteiger partial charge in [-0.25, -0.2) is 13.6 Å². The number of halogens is 8. The number of carbonyl (C=O) groups excluding carboxylic acids is 4. The van der Waals surface area contributed by atoms with Gasteiger partial charge < -0.3 is 20.1 Å². The Labute approximate surface area is 387 Å². The topological polar surface area (TPSA) is 139 Å². The number of H-pyrrole nitrogens is 1. The van der Waals surface area contributed by atoms with E-state index in [-0.39, 0.29) is 60.8 Å². The monoisotopic (exact) mass is 952 g/mol. The lowest BCUT2D eigenvalue weighted by Crippen LogP contribution is -2.20. The van der Waals surface area contributed by atoms with Gasteiger partial charge in [0.2, 0.25) is 0 Å². The summed E-state index contributed by atoms with van der Waals surface area (Å²) in [7, 11) is 3.11. The molecule has 0 radical (unpaired) electrons. The Bertz CT molecular complexity index is 2750. The zero-order valence-corrected chi connectivity index (χ0v) is 36.5. The number of aldehydes is 1. The number of nitrogens with one attached hydrogen (secondary N) is 3. The zero-order valence-electron chi connectivity index (χ0n) is 36.5. The minimum Gasteiger partial charge on any atom is -0.497 e. The van der Waals surface area contributed by atoms with Crippen LogP contribution in [0.5, 0.6) is 11.5 Å². The van der Waals surface area contributed by atoms with Crippen molar-refractivity contribution in [1.82, 2.24) is 10.2 Å². The number of anilines is 2. The second kappa shape index (κ2) is 23.4. The fraction of sp³-hybridized carbons (Fsp3) is 0.260. The quantitative estimate of drug-likeness (QED) is 0.0499. The van der Waals surface area contributed by atoms with Gasteiger partial charge in [-0.15, -0.1) is 0 Å². The van der Waals surface area contributed by atoms with Gasteiger partial charge in [-0.3, -0.25) is 19.5 Å². The second-order valence-electron chi connectivity index (χ2n) is 15.4. The molecule has 0 aliphatic rings. The first-order valence-electron chi connectivity index (χ1n) is 20.4. The number of ether oxygens (including phenoxy) is 2. The molecule has 10 nitrogen and oxygen atoms in total. The highest BCUT2D eigenvalue weighted by Gasteiger charge is 2.31. The minimum atomic E-state index is -4.50. The molecule has 360 valence electrons. The molecular weight excluding hydrogens is 905 g/mol. The molecule has 18 heteroatoms. The van der Waals surface area contributed by atoms with Gasteiger partial charge in [0.1, 0.15) is 40.9 Å². The number of ketones is 2. The Morgan fingerprint density at radius 2 is 1.32 bits per heavy atom. The Morgan fingerprint density at radius 3 is 1.96 bits per heavy atom. The molecule has 0 bridgehead atoms. The number of aromatic nitrogens is 2. The number of urea groups is 1. The molecule has 0 unspecified atom stereocenters. The van der Waals surface area contributed by atoms with Crippen LogP contribution in [0.3, 0.4) is 0 Å². The van der Waals surface area contributed by atoms with Crippen LogP contribution in [-0.4, -0.2) is 48.3 Å². The minimum absolute atomic E-state index is 0. The van der Waals surface area contributed by atoms with Crippen molar-refractivity contribution in [1.29, 1.82) is 0 Å². The Hall–Kier alpha value is -7.37. The van der Waals surface area contributed by atoms with Crippen LogP contribution in [0.2, 0.25) is 0 Å². The first kappa shape index (κ1) is 53.2. The fourth-order valence-corrected chi connectivity index (χ4v) is 7.00. The van der Waals surface area contributed by atoms with E-state index in [0.29, 0.717) is 70.6 Å². The number of amides is 2. The molecule has 5 aromatic carbocycles. The van der Waals surface area contributed by atoms with Gasteiger partial charge in [0.15, 0.2) is 5.78 Å². The van der Waals surface area contributed by atoms with Gasteiger partial charge in [-0.1, -0.05) is 19.6 Å². The number of hydrogen-bond acceptors (Lipinski definition) is 7. The first-order chi connectivity index (χ1) is 31.6. The van der Waals surface area contributed by atoms with Crippen molar-refractivity contribution in [3.05, 3.63) is 170 Å².